The number of nitrogens with one attached hydrogen (secondary N) is 1. The van der Waals surface area contributed by atoms with Crippen molar-refractivity contribution in [3.63, 3.8) is 0 Å². The third-order valence-corrected chi connectivity index (χ3v) is 4.58. The molecule has 0 amide bonds. The van der Waals surface area contributed by atoms with Crippen molar-refractivity contribution in [2.45, 2.75) is 38.1 Å². The van der Waals surface area contributed by atoms with Gasteiger partial charge >= 0.3 is 0 Å². The van der Waals surface area contributed by atoms with Gasteiger partial charge in [-0.2, -0.15) is 0 Å². The monoisotopic (exact) mass is 194 g/mol. The fourth-order valence-electron chi connectivity index (χ4n) is 3.76. The standard InChI is InChI=1S/C12H22N2/c1-2-4-11-9-14-6-5-13-8-12(14)7-10(11)3-1/h10-13H,1-9H2. The Bertz CT molecular complexity index is 162. The van der Waals surface area contributed by atoms with E-state index in [-0.39, 0.29) is 0 Å². The van der Waals surface area contributed by atoms with E-state index in [1.807, 2.05) is 0 Å². The van der Waals surface area contributed by atoms with Crippen LogP contribution in [0.4, 0.5) is 0 Å². The third kappa shape index (κ3) is 1.59. The molecule has 0 bridgehead atoms. The quantitative estimate of drug-likeness (QED) is 0.628. The minimum absolute atomic E-state index is 0.878. The van der Waals surface area contributed by atoms with E-state index in [4.69, 9.17) is 0 Å². The Kier molecular flexibility index (Phi) is 2.50. The number of rotatable bonds is 0. The number of fused-ring (bicyclic) bond motifs is 2. The van der Waals surface area contributed by atoms with E-state index >= 15 is 0 Å². The maximum absolute atomic E-state index is 3.54. The molecule has 1 N–H and O–H groups in total. The molecule has 1 saturated carbocycles. The fraction of sp³-hybridized carbons (Fsp3) is 1.00. The zero-order valence-electron chi connectivity index (χ0n) is 9.04. The molecule has 2 nitrogen and oxygen atoms in total. The number of piperidine rings is 1. The average molecular weight is 194 g/mol. The summed E-state index contributed by atoms with van der Waals surface area (Å²) in [4.78, 5) is 2.75. The van der Waals surface area contributed by atoms with E-state index in [9.17, 15) is 0 Å². The smallest absolute Gasteiger partial charge is 0.0224 e. The minimum Gasteiger partial charge on any atom is -0.314 e. The Hall–Kier alpha value is -0.0800. The minimum atomic E-state index is 0.878. The molecule has 3 unspecified atom stereocenters. The second-order valence-corrected chi connectivity index (χ2v) is 5.39. The predicted molar refractivity (Wildman–Crippen MR) is 58.3 cm³/mol. The molecule has 2 heterocycles. The Labute approximate surface area is 87.0 Å². The number of hydrogen-bond acceptors (Lipinski definition) is 2. The highest BCUT2D eigenvalue weighted by atomic mass is 15.2. The SMILES string of the molecule is C1CCC2CN3CCNCC3CC2C1. The first-order chi connectivity index (χ1) is 6.93. The summed E-state index contributed by atoms with van der Waals surface area (Å²) in [5.74, 6) is 2.13. The van der Waals surface area contributed by atoms with Crippen LogP contribution in [-0.2, 0) is 0 Å². The van der Waals surface area contributed by atoms with Crippen LogP contribution < -0.4 is 5.32 Å². The van der Waals surface area contributed by atoms with E-state index in [0.29, 0.717) is 0 Å². The lowest BCUT2D eigenvalue weighted by Gasteiger charge is -2.48. The zero-order valence-corrected chi connectivity index (χ0v) is 9.04. The van der Waals surface area contributed by atoms with Crippen LogP contribution in [0, 0.1) is 11.8 Å². The Morgan fingerprint density at radius 3 is 2.86 bits per heavy atom. The maximum Gasteiger partial charge on any atom is 0.0224 e. The van der Waals surface area contributed by atoms with Gasteiger partial charge in [0.25, 0.3) is 0 Å². The lowest BCUT2D eigenvalue weighted by Crippen LogP contribution is -2.57. The van der Waals surface area contributed by atoms with Crippen LogP contribution in [0.5, 0.6) is 0 Å². The largest absolute Gasteiger partial charge is 0.314 e. The summed E-state index contributed by atoms with van der Waals surface area (Å²) in [5, 5.41) is 3.54. The van der Waals surface area contributed by atoms with Gasteiger partial charge < -0.3 is 5.32 Å². The van der Waals surface area contributed by atoms with Gasteiger partial charge in [0.1, 0.15) is 0 Å². The van der Waals surface area contributed by atoms with Crippen molar-refractivity contribution in [3.8, 4) is 0 Å². The Morgan fingerprint density at radius 2 is 1.93 bits per heavy atom. The van der Waals surface area contributed by atoms with Crippen molar-refractivity contribution >= 4 is 0 Å². The number of hydrogen-bond donors (Lipinski definition) is 1. The summed E-state index contributed by atoms with van der Waals surface area (Å²) >= 11 is 0. The molecular formula is C12H22N2. The molecule has 0 aromatic heterocycles. The van der Waals surface area contributed by atoms with E-state index in [1.54, 1.807) is 0 Å². The molecule has 3 atom stereocenters. The lowest BCUT2D eigenvalue weighted by molar-refractivity contribution is 0.0255. The molecule has 0 aromatic carbocycles. The van der Waals surface area contributed by atoms with Crippen molar-refractivity contribution in [3.05, 3.63) is 0 Å². The van der Waals surface area contributed by atoms with Gasteiger partial charge in [-0.1, -0.05) is 19.3 Å². The topological polar surface area (TPSA) is 15.3 Å². The van der Waals surface area contributed by atoms with E-state index in [1.165, 1.54) is 58.3 Å². The van der Waals surface area contributed by atoms with Crippen molar-refractivity contribution in [1.29, 1.82) is 0 Å². The number of piperazine rings is 1. The summed E-state index contributed by atoms with van der Waals surface area (Å²) in [5.41, 5.74) is 0. The predicted octanol–water partition coefficient (Wildman–Crippen LogP) is 1.47. The van der Waals surface area contributed by atoms with Gasteiger partial charge in [-0.05, 0) is 24.7 Å². The van der Waals surface area contributed by atoms with Crippen LogP contribution >= 0.6 is 0 Å². The summed E-state index contributed by atoms with van der Waals surface area (Å²) < 4.78 is 0. The van der Waals surface area contributed by atoms with Crippen LogP contribution in [0.2, 0.25) is 0 Å². The Morgan fingerprint density at radius 1 is 1.07 bits per heavy atom. The van der Waals surface area contributed by atoms with Crippen molar-refractivity contribution in [1.82, 2.24) is 10.2 Å². The van der Waals surface area contributed by atoms with Crippen LogP contribution in [0.25, 0.3) is 0 Å². The second-order valence-electron chi connectivity index (χ2n) is 5.39. The van der Waals surface area contributed by atoms with Crippen molar-refractivity contribution in [2.75, 3.05) is 26.2 Å². The van der Waals surface area contributed by atoms with E-state index < -0.39 is 0 Å². The van der Waals surface area contributed by atoms with Gasteiger partial charge in [-0.25, -0.2) is 0 Å². The van der Waals surface area contributed by atoms with Crippen LogP contribution in [0.15, 0.2) is 0 Å². The number of nitrogens with zero attached hydrogens (tertiary/aromatic N) is 1. The van der Waals surface area contributed by atoms with Gasteiger partial charge in [-0.3, -0.25) is 4.90 Å². The first-order valence-electron chi connectivity index (χ1n) is 6.38. The first-order valence-corrected chi connectivity index (χ1v) is 6.38. The van der Waals surface area contributed by atoms with Crippen molar-refractivity contribution in [2.24, 2.45) is 11.8 Å². The molecule has 3 fully saturated rings. The molecule has 3 aliphatic rings. The van der Waals surface area contributed by atoms with Gasteiger partial charge in [0, 0.05) is 32.2 Å². The van der Waals surface area contributed by atoms with Gasteiger partial charge in [0.2, 0.25) is 0 Å². The molecule has 80 valence electrons. The summed E-state index contributed by atoms with van der Waals surface area (Å²) in [6, 6.07) is 0.878. The fourth-order valence-corrected chi connectivity index (χ4v) is 3.76. The first kappa shape index (κ1) is 9.17. The zero-order chi connectivity index (χ0) is 9.38. The molecular weight excluding hydrogens is 172 g/mol. The normalized spacial score (nSPS) is 44.1. The lowest BCUT2D eigenvalue weighted by atomic mass is 9.72. The summed E-state index contributed by atoms with van der Waals surface area (Å²) in [6.45, 7) is 5.18. The molecule has 2 aliphatic heterocycles. The highest BCUT2D eigenvalue weighted by Gasteiger charge is 2.37. The van der Waals surface area contributed by atoms with Crippen LogP contribution in [0.3, 0.4) is 0 Å². The molecule has 0 spiro atoms. The molecule has 0 radical (unpaired) electrons. The molecule has 1 aliphatic carbocycles. The van der Waals surface area contributed by atoms with Gasteiger partial charge in [0.15, 0.2) is 0 Å². The molecule has 0 aromatic rings. The van der Waals surface area contributed by atoms with E-state index in [0.717, 1.165) is 17.9 Å². The average Bonchev–Trinajstić information content (AvgIpc) is 2.26. The highest BCUT2D eigenvalue weighted by Crippen LogP contribution is 2.38. The molecule has 14 heavy (non-hydrogen) atoms. The Balaban J connectivity index is 1.68. The van der Waals surface area contributed by atoms with Crippen LogP contribution in [0.1, 0.15) is 32.1 Å². The third-order valence-electron chi connectivity index (χ3n) is 4.58. The van der Waals surface area contributed by atoms with Gasteiger partial charge in [0.05, 0.1) is 0 Å². The summed E-state index contributed by atoms with van der Waals surface area (Å²) in [6.07, 6.45) is 7.52. The van der Waals surface area contributed by atoms with Crippen LogP contribution in [-0.4, -0.2) is 37.1 Å². The molecule has 3 rings (SSSR count). The molecule has 2 heteroatoms. The highest BCUT2D eigenvalue weighted by molar-refractivity contribution is 4.92. The second kappa shape index (κ2) is 3.82. The van der Waals surface area contributed by atoms with Gasteiger partial charge in [-0.15, -0.1) is 0 Å². The van der Waals surface area contributed by atoms with Crippen molar-refractivity contribution < 1.29 is 0 Å². The molecule has 2 saturated heterocycles. The van der Waals surface area contributed by atoms with E-state index in [2.05, 4.69) is 10.2 Å². The maximum atomic E-state index is 3.54. The summed E-state index contributed by atoms with van der Waals surface area (Å²) in [7, 11) is 0.